The van der Waals surface area contributed by atoms with E-state index in [2.05, 4.69) is 48.2 Å². The van der Waals surface area contributed by atoms with Gasteiger partial charge in [-0.05, 0) is 60.2 Å². The van der Waals surface area contributed by atoms with Gasteiger partial charge in [0, 0.05) is 29.9 Å². The van der Waals surface area contributed by atoms with Gasteiger partial charge >= 0.3 is 0 Å². The van der Waals surface area contributed by atoms with Crippen molar-refractivity contribution in [3.63, 3.8) is 0 Å². The molecule has 6 nitrogen and oxygen atoms in total. The van der Waals surface area contributed by atoms with E-state index in [1.807, 2.05) is 20.0 Å². The standard InChI is InChI=1S/C21H39N5O/c1-8-22-21(25-17(5)12-11-13-26(9-2)10-3)24-15-19-18(6)20(27-7)16(4)14-23-19/h14,17H,8-13,15H2,1-7H3,(H2,22,24,25). The lowest BCUT2D eigenvalue weighted by Crippen LogP contribution is -2.42. The third-order valence-electron chi connectivity index (χ3n) is 4.87. The van der Waals surface area contributed by atoms with Crippen molar-refractivity contribution in [2.75, 3.05) is 33.3 Å². The molecule has 1 aromatic heterocycles. The van der Waals surface area contributed by atoms with Crippen molar-refractivity contribution in [3.8, 4) is 5.75 Å². The Morgan fingerprint density at radius 2 is 1.96 bits per heavy atom. The predicted octanol–water partition coefficient (Wildman–Crippen LogP) is 3.27. The van der Waals surface area contributed by atoms with Crippen LogP contribution in [0.4, 0.5) is 0 Å². The number of aryl methyl sites for hydroxylation is 1. The van der Waals surface area contributed by atoms with E-state index in [4.69, 9.17) is 9.73 Å². The van der Waals surface area contributed by atoms with Crippen LogP contribution in [0.2, 0.25) is 0 Å². The van der Waals surface area contributed by atoms with Crippen LogP contribution >= 0.6 is 0 Å². The predicted molar refractivity (Wildman–Crippen MR) is 115 cm³/mol. The molecule has 1 rings (SSSR count). The molecular weight excluding hydrogens is 338 g/mol. The molecule has 0 radical (unpaired) electrons. The van der Waals surface area contributed by atoms with E-state index in [1.54, 1.807) is 7.11 Å². The van der Waals surface area contributed by atoms with Gasteiger partial charge in [0.2, 0.25) is 0 Å². The fourth-order valence-electron chi connectivity index (χ4n) is 3.17. The number of pyridine rings is 1. The van der Waals surface area contributed by atoms with E-state index in [9.17, 15) is 0 Å². The van der Waals surface area contributed by atoms with E-state index in [-0.39, 0.29) is 0 Å². The van der Waals surface area contributed by atoms with Crippen molar-refractivity contribution >= 4 is 5.96 Å². The molecule has 1 atom stereocenters. The number of aromatic nitrogens is 1. The maximum Gasteiger partial charge on any atom is 0.191 e. The van der Waals surface area contributed by atoms with Gasteiger partial charge in [0.05, 0.1) is 19.3 Å². The molecule has 1 heterocycles. The molecule has 2 N–H and O–H groups in total. The van der Waals surface area contributed by atoms with Crippen molar-refractivity contribution in [1.82, 2.24) is 20.5 Å². The second kappa shape index (κ2) is 12.5. The van der Waals surface area contributed by atoms with Gasteiger partial charge in [0.1, 0.15) is 5.75 Å². The Morgan fingerprint density at radius 1 is 1.26 bits per heavy atom. The minimum Gasteiger partial charge on any atom is -0.496 e. The number of guanidine groups is 1. The molecule has 0 aromatic carbocycles. The van der Waals surface area contributed by atoms with Crippen LogP contribution < -0.4 is 15.4 Å². The monoisotopic (exact) mass is 377 g/mol. The Balaban J connectivity index is 2.67. The third kappa shape index (κ3) is 7.75. The fourth-order valence-corrected chi connectivity index (χ4v) is 3.17. The second-order valence-electron chi connectivity index (χ2n) is 6.96. The summed E-state index contributed by atoms with van der Waals surface area (Å²) >= 11 is 0. The molecular formula is C21H39N5O. The number of ether oxygens (including phenoxy) is 1. The first kappa shape index (κ1) is 23.2. The molecule has 0 fully saturated rings. The average molecular weight is 378 g/mol. The average Bonchev–Trinajstić information content (AvgIpc) is 2.65. The van der Waals surface area contributed by atoms with Crippen LogP contribution in [0.25, 0.3) is 0 Å². The summed E-state index contributed by atoms with van der Waals surface area (Å²) in [6.45, 7) is 17.5. The molecule has 0 saturated carbocycles. The van der Waals surface area contributed by atoms with E-state index >= 15 is 0 Å². The van der Waals surface area contributed by atoms with Gasteiger partial charge in [0.15, 0.2) is 5.96 Å². The second-order valence-corrected chi connectivity index (χ2v) is 6.96. The van der Waals surface area contributed by atoms with Crippen molar-refractivity contribution in [2.45, 2.75) is 67.0 Å². The molecule has 6 heteroatoms. The van der Waals surface area contributed by atoms with Gasteiger partial charge in [-0.2, -0.15) is 0 Å². The lowest BCUT2D eigenvalue weighted by atomic mass is 10.1. The van der Waals surface area contributed by atoms with Gasteiger partial charge in [-0.1, -0.05) is 13.8 Å². The normalized spacial score (nSPS) is 13.0. The SMILES string of the molecule is CCNC(=NCc1ncc(C)c(OC)c1C)NC(C)CCCN(CC)CC. The smallest absolute Gasteiger partial charge is 0.191 e. The van der Waals surface area contributed by atoms with Crippen molar-refractivity contribution < 1.29 is 4.74 Å². The number of rotatable bonds is 11. The van der Waals surface area contributed by atoms with E-state index in [0.717, 1.165) is 61.1 Å². The Kier molecular flexibility index (Phi) is 10.8. The zero-order chi connectivity index (χ0) is 20.2. The number of nitrogens with one attached hydrogen (secondary N) is 2. The summed E-state index contributed by atoms with van der Waals surface area (Å²) in [4.78, 5) is 11.7. The first-order chi connectivity index (χ1) is 13.0. The summed E-state index contributed by atoms with van der Waals surface area (Å²) in [5.41, 5.74) is 3.06. The minimum atomic E-state index is 0.375. The zero-order valence-corrected chi connectivity index (χ0v) is 18.4. The molecule has 0 bridgehead atoms. The van der Waals surface area contributed by atoms with Gasteiger partial charge < -0.3 is 20.3 Å². The Morgan fingerprint density at radius 3 is 2.56 bits per heavy atom. The van der Waals surface area contributed by atoms with Crippen LogP contribution in [-0.4, -0.2) is 55.2 Å². The van der Waals surface area contributed by atoms with E-state index in [1.165, 1.54) is 6.42 Å². The highest BCUT2D eigenvalue weighted by atomic mass is 16.5. The minimum absolute atomic E-state index is 0.375. The summed E-state index contributed by atoms with van der Waals surface area (Å²) in [5, 5.41) is 6.85. The van der Waals surface area contributed by atoms with E-state index < -0.39 is 0 Å². The molecule has 0 aliphatic carbocycles. The number of hydrogen-bond donors (Lipinski definition) is 2. The molecule has 0 aliphatic rings. The number of methoxy groups -OCH3 is 1. The van der Waals surface area contributed by atoms with Crippen molar-refractivity contribution in [1.29, 1.82) is 0 Å². The van der Waals surface area contributed by atoms with E-state index in [0.29, 0.717) is 12.6 Å². The maximum atomic E-state index is 5.49. The van der Waals surface area contributed by atoms with Crippen molar-refractivity contribution in [3.05, 3.63) is 23.0 Å². The fraction of sp³-hybridized carbons (Fsp3) is 0.714. The summed E-state index contributed by atoms with van der Waals surface area (Å²) in [6, 6.07) is 0.375. The number of hydrogen-bond acceptors (Lipinski definition) is 4. The molecule has 1 unspecified atom stereocenters. The van der Waals surface area contributed by atoms with Gasteiger partial charge in [-0.25, -0.2) is 4.99 Å². The first-order valence-electron chi connectivity index (χ1n) is 10.2. The van der Waals surface area contributed by atoms with Crippen molar-refractivity contribution in [2.24, 2.45) is 4.99 Å². The summed E-state index contributed by atoms with van der Waals surface area (Å²) in [5.74, 6) is 1.74. The molecule has 154 valence electrons. The largest absolute Gasteiger partial charge is 0.496 e. The molecule has 0 amide bonds. The number of aliphatic imine (C=N–C) groups is 1. The van der Waals surface area contributed by atoms with Gasteiger partial charge in [0.25, 0.3) is 0 Å². The van der Waals surface area contributed by atoms with Gasteiger partial charge in [-0.15, -0.1) is 0 Å². The lowest BCUT2D eigenvalue weighted by Gasteiger charge is -2.21. The molecule has 0 saturated heterocycles. The van der Waals surface area contributed by atoms with Crippen LogP contribution in [0.5, 0.6) is 5.75 Å². The molecule has 0 aliphatic heterocycles. The van der Waals surface area contributed by atoms with Crippen LogP contribution in [-0.2, 0) is 6.54 Å². The maximum absolute atomic E-state index is 5.49. The third-order valence-corrected chi connectivity index (χ3v) is 4.87. The van der Waals surface area contributed by atoms with Crippen LogP contribution in [0.1, 0.15) is 57.4 Å². The van der Waals surface area contributed by atoms with Crippen LogP contribution in [0, 0.1) is 13.8 Å². The molecule has 0 spiro atoms. The Labute approximate surface area is 165 Å². The summed E-state index contributed by atoms with van der Waals surface area (Å²) < 4.78 is 5.49. The van der Waals surface area contributed by atoms with Gasteiger partial charge in [-0.3, -0.25) is 4.98 Å². The molecule has 27 heavy (non-hydrogen) atoms. The van der Waals surface area contributed by atoms with Crippen LogP contribution in [0.15, 0.2) is 11.2 Å². The molecule has 1 aromatic rings. The highest BCUT2D eigenvalue weighted by Gasteiger charge is 2.10. The topological polar surface area (TPSA) is 61.8 Å². The van der Waals surface area contributed by atoms with Crippen LogP contribution in [0.3, 0.4) is 0 Å². The quantitative estimate of drug-likeness (QED) is 0.458. The lowest BCUT2D eigenvalue weighted by molar-refractivity contribution is 0.292. The summed E-state index contributed by atoms with van der Waals surface area (Å²) in [7, 11) is 1.70. The zero-order valence-electron chi connectivity index (χ0n) is 18.4. The highest BCUT2D eigenvalue weighted by Crippen LogP contribution is 2.24. The Hall–Kier alpha value is -1.82. The number of nitrogens with zero attached hydrogens (tertiary/aromatic N) is 3. The Bertz CT molecular complexity index is 584. The highest BCUT2D eigenvalue weighted by molar-refractivity contribution is 5.80. The first-order valence-corrected chi connectivity index (χ1v) is 10.2. The summed E-state index contributed by atoms with van der Waals surface area (Å²) in [6.07, 6.45) is 4.16.